The summed E-state index contributed by atoms with van der Waals surface area (Å²) >= 11 is 0. The Morgan fingerprint density at radius 1 is 1.29 bits per heavy atom. The van der Waals surface area contributed by atoms with E-state index in [2.05, 4.69) is 15.2 Å². The van der Waals surface area contributed by atoms with E-state index >= 15 is 0 Å². The van der Waals surface area contributed by atoms with Gasteiger partial charge in [0.05, 0.1) is 30.9 Å². The summed E-state index contributed by atoms with van der Waals surface area (Å²) in [5.41, 5.74) is 2.69. The van der Waals surface area contributed by atoms with E-state index in [1.54, 1.807) is 17.1 Å². The van der Waals surface area contributed by atoms with Crippen LogP contribution in [0.3, 0.4) is 0 Å². The number of nitrogens with zero attached hydrogens (tertiary/aromatic N) is 5. The van der Waals surface area contributed by atoms with Gasteiger partial charge in [0.25, 0.3) is 0 Å². The Morgan fingerprint density at radius 3 is 2.90 bits per heavy atom. The molecule has 0 amide bonds. The van der Waals surface area contributed by atoms with Gasteiger partial charge in [-0.15, -0.1) is 0 Å². The fourth-order valence-electron chi connectivity index (χ4n) is 2.55. The SMILES string of the molecule is Cn1cc(-c2cn3nccc3c(OCC3CCC3)n2)cn1. The lowest BCUT2D eigenvalue weighted by Crippen LogP contribution is -2.19. The van der Waals surface area contributed by atoms with Crippen LogP contribution in [0.15, 0.2) is 30.9 Å². The zero-order valence-corrected chi connectivity index (χ0v) is 11.9. The molecule has 0 radical (unpaired) electrons. The molecule has 0 unspecified atom stereocenters. The van der Waals surface area contributed by atoms with Gasteiger partial charge >= 0.3 is 0 Å². The van der Waals surface area contributed by atoms with E-state index in [0.717, 1.165) is 23.4 Å². The quantitative estimate of drug-likeness (QED) is 0.737. The van der Waals surface area contributed by atoms with Gasteiger partial charge in [0.1, 0.15) is 5.52 Å². The second-order valence-electron chi connectivity index (χ2n) is 5.60. The van der Waals surface area contributed by atoms with E-state index in [1.165, 1.54) is 19.3 Å². The summed E-state index contributed by atoms with van der Waals surface area (Å²) < 4.78 is 9.53. The van der Waals surface area contributed by atoms with Crippen LogP contribution >= 0.6 is 0 Å². The summed E-state index contributed by atoms with van der Waals surface area (Å²) in [6.45, 7) is 0.740. The summed E-state index contributed by atoms with van der Waals surface area (Å²) in [6, 6.07) is 1.93. The summed E-state index contributed by atoms with van der Waals surface area (Å²) in [5.74, 6) is 1.33. The van der Waals surface area contributed by atoms with Crippen LogP contribution in [0.4, 0.5) is 0 Å². The van der Waals surface area contributed by atoms with Crippen molar-refractivity contribution in [1.29, 1.82) is 0 Å². The highest BCUT2D eigenvalue weighted by Crippen LogP contribution is 2.28. The van der Waals surface area contributed by atoms with Crippen molar-refractivity contribution < 1.29 is 4.74 Å². The molecule has 6 nitrogen and oxygen atoms in total. The Bertz CT molecular complexity index is 771. The van der Waals surface area contributed by atoms with E-state index in [0.29, 0.717) is 11.8 Å². The zero-order chi connectivity index (χ0) is 14.2. The van der Waals surface area contributed by atoms with E-state index in [1.807, 2.05) is 30.0 Å². The van der Waals surface area contributed by atoms with E-state index in [9.17, 15) is 0 Å². The lowest BCUT2D eigenvalue weighted by Gasteiger charge is -2.24. The molecule has 0 N–H and O–H groups in total. The molecule has 1 aliphatic carbocycles. The second kappa shape index (κ2) is 4.87. The Labute approximate surface area is 122 Å². The van der Waals surface area contributed by atoms with Crippen LogP contribution in [0.2, 0.25) is 0 Å². The summed E-state index contributed by atoms with van der Waals surface area (Å²) in [7, 11) is 1.89. The van der Waals surface area contributed by atoms with Gasteiger partial charge in [-0.05, 0) is 24.8 Å². The van der Waals surface area contributed by atoms with Gasteiger partial charge in [0.2, 0.25) is 5.88 Å². The van der Waals surface area contributed by atoms with Gasteiger partial charge in [-0.2, -0.15) is 10.2 Å². The highest BCUT2D eigenvalue weighted by molar-refractivity contribution is 5.63. The van der Waals surface area contributed by atoms with Crippen molar-refractivity contribution in [2.75, 3.05) is 6.61 Å². The van der Waals surface area contributed by atoms with Crippen molar-refractivity contribution in [3.63, 3.8) is 0 Å². The van der Waals surface area contributed by atoms with E-state index < -0.39 is 0 Å². The molecule has 1 aliphatic rings. The van der Waals surface area contributed by atoms with Crippen molar-refractivity contribution in [2.24, 2.45) is 13.0 Å². The number of hydrogen-bond acceptors (Lipinski definition) is 4. The molecule has 6 heteroatoms. The lowest BCUT2D eigenvalue weighted by atomic mass is 9.86. The average Bonchev–Trinajstić information content (AvgIpc) is 3.05. The highest BCUT2D eigenvalue weighted by atomic mass is 16.5. The average molecular weight is 283 g/mol. The lowest BCUT2D eigenvalue weighted by molar-refractivity contribution is 0.177. The number of ether oxygens (including phenoxy) is 1. The van der Waals surface area contributed by atoms with Gasteiger partial charge in [0, 0.05) is 18.8 Å². The third-order valence-corrected chi connectivity index (χ3v) is 4.04. The fraction of sp³-hybridized carbons (Fsp3) is 0.400. The minimum absolute atomic E-state index is 0.653. The predicted octanol–water partition coefficient (Wildman–Crippen LogP) is 2.31. The monoisotopic (exact) mass is 283 g/mol. The maximum atomic E-state index is 5.95. The minimum atomic E-state index is 0.653. The maximum absolute atomic E-state index is 5.95. The molecule has 0 aliphatic heterocycles. The van der Waals surface area contributed by atoms with Gasteiger partial charge < -0.3 is 4.74 Å². The van der Waals surface area contributed by atoms with Crippen molar-refractivity contribution in [3.05, 3.63) is 30.9 Å². The van der Waals surface area contributed by atoms with Crippen molar-refractivity contribution in [2.45, 2.75) is 19.3 Å². The molecule has 0 aromatic carbocycles. The molecule has 4 rings (SSSR count). The molecule has 3 aromatic rings. The molecule has 0 atom stereocenters. The van der Waals surface area contributed by atoms with Crippen molar-refractivity contribution >= 4 is 5.52 Å². The normalized spacial score (nSPS) is 15.3. The van der Waals surface area contributed by atoms with Crippen LogP contribution < -0.4 is 4.74 Å². The first-order valence-electron chi connectivity index (χ1n) is 7.26. The Morgan fingerprint density at radius 2 is 2.19 bits per heavy atom. The maximum Gasteiger partial charge on any atom is 0.240 e. The van der Waals surface area contributed by atoms with Crippen LogP contribution in [-0.4, -0.2) is 31.0 Å². The Balaban J connectivity index is 1.71. The van der Waals surface area contributed by atoms with Crippen molar-refractivity contribution in [3.8, 4) is 17.1 Å². The van der Waals surface area contributed by atoms with Crippen LogP contribution in [0.1, 0.15) is 19.3 Å². The molecule has 3 aromatic heterocycles. The third-order valence-electron chi connectivity index (χ3n) is 4.04. The molecular weight excluding hydrogens is 266 g/mol. The van der Waals surface area contributed by atoms with Crippen LogP contribution in [-0.2, 0) is 7.05 Å². The van der Waals surface area contributed by atoms with Crippen LogP contribution in [0.25, 0.3) is 16.8 Å². The number of aryl methyl sites for hydroxylation is 1. The summed E-state index contributed by atoms with van der Waals surface area (Å²) in [6.07, 6.45) is 11.2. The Kier molecular flexibility index (Phi) is 2.87. The fourth-order valence-corrected chi connectivity index (χ4v) is 2.55. The number of fused-ring (bicyclic) bond motifs is 1. The molecular formula is C15H17N5O. The molecule has 0 bridgehead atoms. The molecule has 0 saturated heterocycles. The molecule has 21 heavy (non-hydrogen) atoms. The molecule has 0 spiro atoms. The van der Waals surface area contributed by atoms with Gasteiger partial charge in [-0.25, -0.2) is 9.50 Å². The first-order chi connectivity index (χ1) is 10.3. The predicted molar refractivity (Wildman–Crippen MR) is 78.0 cm³/mol. The first kappa shape index (κ1) is 12.4. The number of hydrogen-bond donors (Lipinski definition) is 0. The summed E-state index contributed by atoms with van der Waals surface area (Å²) in [5, 5.41) is 8.50. The summed E-state index contributed by atoms with van der Waals surface area (Å²) in [4.78, 5) is 4.65. The molecule has 108 valence electrons. The third kappa shape index (κ3) is 2.26. The second-order valence-corrected chi connectivity index (χ2v) is 5.60. The van der Waals surface area contributed by atoms with E-state index in [4.69, 9.17) is 4.74 Å². The van der Waals surface area contributed by atoms with Gasteiger partial charge in [-0.3, -0.25) is 4.68 Å². The Hall–Kier alpha value is -2.37. The number of aromatic nitrogens is 5. The topological polar surface area (TPSA) is 57.2 Å². The van der Waals surface area contributed by atoms with Crippen LogP contribution in [0.5, 0.6) is 5.88 Å². The first-order valence-corrected chi connectivity index (χ1v) is 7.26. The smallest absolute Gasteiger partial charge is 0.240 e. The van der Waals surface area contributed by atoms with Crippen molar-refractivity contribution in [1.82, 2.24) is 24.4 Å². The largest absolute Gasteiger partial charge is 0.476 e. The number of rotatable bonds is 4. The van der Waals surface area contributed by atoms with Gasteiger partial charge in [0.15, 0.2) is 0 Å². The van der Waals surface area contributed by atoms with E-state index in [-0.39, 0.29) is 0 Å². The standard InChI is InChI=1S/C15H17N5O/c1-19-8-12(7-17-19)13-9-20-14(5-6-16-20)15(18-13)21-10-11-3-2-4-11/h5-9,11H,2-4,10H2,1H3. The zero-order valence-electron chi connectivity index (χ0n) is 11.9. The molecule has 3 heterocycles. The molecule has 1 saturated carbocycles. The molecule has 1 fully saturated rings. The minimum Gasteiger partial charge on any atom is -0.476 e. The van der Waals surface area contributed by atoms with Crippen LogP contribution in [0, 0.1) is 5.92 Å². The highest BCUT2D eigenvalue weighted by Gasteiger charge is 2.19. The van der Waals surface area contributed by atoms with Gasteiger partial charge in [-0.1, -0.05) is 6.42 Å².